The molecule has 0 bridgehead atoms. The fourth-order valence-electron chi connectivity index (χ4n) is 1.28. The molecule has 0 spiro atoms. The van der Waals surface area contributed by atoms with Crippen LogP contribution >= 0.6 is 0 Å². The Bertz CT molecular complexity index is 224. The number of carbonyl (C=O) groups excluding carboxylic acids is 1. The van der Waals surface area contributed by atoms with Gasteiger partial charge in [0.1, 0.15) is 0 Å². The van der Waals surface area contributed by atoms with E-state index >= 15 is 0 Å². The van der Waals surface area contributed by atoms with E-state index in [2.05, 4.69) is 12.2 Å². The molecule has 0 saturated carbocycles. The number of rotatable bonds is 4. The summed E-state index contributed by atoms with van der Waals surface area (Å²) < 4.78 is 0. The van der Waals surface area contributed by atoms with Crippen LogP contribution in [0.15, 0.2) is 0 Å². The fraction of sp³-hybridized carbons (Fsp3) is 0.778. The topological polar surface area (TPSA) is 69.6 Å². The van der Waals surface area contributed by atoms with Crippen LogP contribution < -0.4 is 5.32 Å². The minimum Gasteiger partial charge on any atom is -0.481 e. The third kappa shape index (κ3) is 2.61. The summed E-state index contributed by atoms with van der Waals surface area (Å²) in [7, 11) is 0. The first kappa shape index (κ1) is 10.8. The lowest BCUT2D eigenvalue weighted by atomic mass is 10.0. The summed E-state index contributed by atoms with van der Waals surface area (Å²) in [5.41, 5.74) is 0. The molecule has 0 aromatic carbocycles. The van der Waals surface area contributed by atoms with Crippen molar-refractivity contribution < 1.29 is 14.7 Å². The largest absolute Gasteiger partial charge is 0.481 e. The molecule has 1 heterocycles. The molecule has 0 atom stereocenters. The maximum absolute atomic E-state index is 11.3. The Balaban J connectivity index is 2.13. The van der Waals surface area contributed by atoms with Crippen LogP contribution in [0, 0.1) is 5.92 Å². The maximum atomic E-state index is 11.3. The van der Waals surface area contributed by atoms with Gasteiger partial charge in [0.15, 0.2) is 0 Å². The van der Waals surface area contributed by atoms with Crippen molar-refractivity contribution in [3.8, 4) is 0 Å². The summed E-state index contributed by atoms with van der Waals surface area (Å²) in [4.78, 5) is 23.3. The molecule has 80 valence electrons. The van der Waals surface area contributed by atoms with Crippen molar-refractivity contribution in [1.29, 1.82) is 0 Å². The van der Waals surface area contributed by atoms with E-state index in [0.717, 1.165) is 12.8 Å². The Hall–Kier alpha value is -1.26. The predicted octanol–water partition coefficient (Wildman–Crippen LogP) is 0.512. The zero-order valence-electron chi connectivity index (χ0n) is 8.32. The second-order valence-electron chi connectivity index (χ2n) is 3.53. The molecule has 0 radical (unpaired) electrons. The lowest BCUT2D eigenvalue weighted by Gasteiger charge is -2.36. The van der Waals surface area contributed by atoms with Crippen molar-refractivity contribution >= 4 is 12.0 Å². The molecular weight excluding hydrogens is 184 g/mol. The normalized spacial score (nSPS) is 16.2. The molecule has 1 saturated heterocycles. The number of aliphatic carboxylic acids is 1. The Morgan fingerprint density at radius 1 is 1.50 bits per heavy atom. The van der Waals surface area contributed by atoms with Gasteiger partial charge in [0.05, 0.1) is 5.92 Å². The van der Waals surface area contributed by atoms with Gasteiger partial charge in [-0.1, -0.05) is 13.3 Å². The van der Waals surface area contributed by atoms with Crippen LogP contribution in [0.1, 0.15) is 19.8 Å². The maximum Gasteiger partial charge on any atom is 0.317 e. The zero-order chi connectivity index (χ0) is 10.6. The highest BCUT2D eigenvalue weighted by molar-refractivity contribution is 5.79. The number of hydrogen-bond acceptors (Lipinski definition) is 2. The molecule has 5 nitrogen and oxygen atoms in total. The molecule has 1 aliphatic heterocycles. The first-order valence-electron chi connectivity index (χ1n) is 4.90. The lowest BCUT2D eigenvalue weighted by molar-refractivity contribution is -0.146. The molecule has 0 unspecified atom stereocenters. The van der Waals surface area contributed by atoms with Gasteiger partial charge in [0.2, 0.25) is 0 Å². The van der Waals surface area contributed by atoms with Gasteiger partial charge in [-0.05, 0) is 6.42 Å². The Kier molecular flexibility index (Phi) is 3.73. The number of nitrogens with one attached hydrogen (secondary N) is 1. The molecule has 0 aromatic rings. The van der Waals surface area contributed by atoms with Crippen molar-refractivity contribution in [3.05, 3.63) is 0 Å². The van der Waals surface area contributed by atoms with E-state index in [1.165, 1.54) is 4.90 Å². The molecule has 2 N–H and O–H groups in total. The molecule has 14 heavy (non-hydrogen) atoms. The molecule has 0 aliphatic carbocycles. The standard InChI is InChI=1S/C9H16N2O3/c1-2-3-4-10-9(14)11-5-7(6-11)8(12)13/h7H,2-6H2,1H3,(H,10,14)(H,12,13). The van der Waals surface area contributed by atoms with E-state index in [0.29, 0.717) is 19.6 Å². The number of carboxylic acids is 1. The monoisotopic (exact) mass is 200 g/mol. The first-order chi connectivity index (χ1) is 6.65. The smallest absolute Gasteiger partial charge is 0.317 e. The van der Waals surface area contributed by atoms with E-state index in [1.54, 1.807) is 0 Å². The summed E-state index contributed by atoms with van der Waals surface area (Å²) in [6, 6.07) is -0.143. The van der Waals surface area contributed by atoms with Crippen molar-refractivity contribution in [2.45, 2.75) is 19.8 Å². The highest BCUT2D eigenvalue weighted by atomic mass is 16.4. The number of carbonyl (C=O) groups is 2. The second-order valence-corrected chi connectivity index (χ2v) is 3.53. The zero-order valence-corrected chi connectivity index (χ0v) is 8.32. The van der Waals surface area contributed by atoms with Crippen LogP contribution in [0.4, 0.5) is 4.79 Å². The molecule has 0 aromatic heterocycles. The van der Waals surface area contributed by atoms with Gasteiger partial charge in [0.25, 0.3) is 0 Å². The SMILES string of the molecule is CCCCNC(=O)N1CC(C(=O)O)C1. The van der Waals surface area contributed by atoms with E-state index in [-0.39, 0.29) is 11.9 Å². The van der Waals surface area contributed by atoms with Crippen molar-refractivity contribution in [1.82, 2.24) is 10.2 Å². The molecular formula is C9H16N2O3. The molecule has 1 rings (SSSR count). The molecule has 5 heteroatoms. The number of likely N-dealkylation sites (tertiary alicyclic amines) is 1. The fourth-order valence-corrected chi connectivity index (χ4v) is 1.28. The number of hydrogen-bond donors (Lipinski definition) is 2. The van der Waals surface area contributed by atoms with Crippen LogP contribution in [0.2, 0.25) is 0 Å². The second kappa shape index (κ2) is 4.83. The van der Waals surface area contributed by atoms with Gasteiger partial charge >= 0.3 is 12.0 Å². The Labute approximate surface area is 83.1 Å². The number of urea groups is 1. The molecule has 1 fully saturated rings. The van der Waals surface area contributed by atoms with Crippen LogP contribution in [0.5, 0.6) is 0 Å². The Morgan fingerprint density at radius 3 is 2.64 bits per heavy atom. The van der Waals surface area contributed by atoms with Crippen molar-refractivity contribution in [2.75, 3.05) is 19.6 Å². The number of amides is 2. The quantitative estimate of drug-likeness (QED) is 0.650. The van der Waals surface area contributed by atoms with Crippen LogP contribution in [0.25, 0.3) is 0 Å². The van der Waals surface area contributed by atoms with Crippen LogP contribution in [-0.2, 0) is 4.79 Å². The highest BCUT2D eigenvalue weighted by Gasteiger charge is 2.35. The van der Waals surface area contributed by atoms with Crippen LogP contribution in [0.3, 0.4) is 0 Å². The van der Waals surface area contributed by atoms with E-state index < -0.39 is 5.97 Å². The van der Waals surface area contributed by atoms with Gasteiger partial charge in [-0.2, -0.15) is 0 Å². The minimum atomic E-state index is -0.817. The third-order valence-electron chi connectivity index (χ3n) is 2.32. The average molecular weight is 200 g/mol. The van der Waals surface area contributed by atoms with Crippen molar-refractivity contribution in [2.24, 2.45) is 5.92 Å². The third-order valence-corrected chi connectivity index (χ3v) is 2.32. The average Bonchev–Trinajstić information content (AvgIpc) is 2.01. The van der Waals surface area contributed by atoms with Gasteiger partial charge in [-0.3, -0.25) is 4.79 Å². The minimum absolute atomic E-state index is 0.143. The van der Waals surface area contributed by atoms with Crippen LogP contribution in [-0.4, -0.2) is 41.6 Å². The number of nitrogens with zero attached hydrogens (tertiary/aromatic N) is 1. The summed E-state index contributed by atoms with van der Waals surface area (Å²) in [5, 5.41) is 11.3. The lowest BCUT2D eigenvalue weighted by Crippen LogP contribution is -2.56. The van der Waals surface area contributed by atoms with E-state index in [9.17, 15) is 9.59 Å². The van der Waals surface area contributed by atoms with Crippen molar-refractivity contribution in [3.63, 3.8) is 0 Å². The number of carboxylic acid groups (broad SMARTS) is 1. The summed E-state index contributed by atoms with van der Waals surface area (Å²) in [6.07, 6.45) is 2.00. The van der Waals surface area contributed by atoms with Gasteiger partial charge in [-0.25, -0.2) is 4.79 Å². The Morgan fingerprint density at radius 2 is 2.14 bits per heavy atom. The number of unbranched alkanes of at least 4 members (excludes halogenated alkanes) is 1. The van der Waals surface area contributed by atoms with Gasteiger partial charge in [-0.15, -0.1) is 0 Å². The summed E-state index contributed by atoms with van der Waals surface area (Å²) in [5.74, 6) is -1.19. The molecule has 1 aliphatic rings. The van der Waals surface area contributed by atoms with E-state index in [1.807, 2.05) is 0 Å². The van der Waals surface area contributed by atoms with E-state index in [4.69, 9.17) is 5.11 Å². The first-order valence-corrected chi connectivity index (χ1v) is 4.90. The van der Waals surface area contributed by atoms with Gasteiger partial charge < -0.3 is 15.3 Å². The summed E-state index contributed by atoms with van der Waals surface area (Å²) >= 11 is 0. The van der Waals surface area contributed by atoms with Gasteiger partial charge in [0, 0.05) is 19.6 Å². The molecule has 2 amide bonds. The highest BCUT2D eigenvalue weighted by Crippen LogP contribution is 2.14. The predicted molar refractivity (Wildman–Crippen MR) is 51.0 cm³/mol. The summed E-state index contributed by atoms with van der Waals surface area (Å²) in [6.45, 7) is 3.40.